The molecule has 0 aromatic heterocycles. The number of primary amides is 1. The third kappa shape index (κ3) is 6.12. The van der Waals surface area contributed by atoms with Crippen molar-refractivity contribution in [3.05, 3.63) is 0 Å². The first kappa shape index (κ1) is 12.6. The van der Waals surface area contributed by atoms with Crippen LogP contribution in [0.25, 0.3) is 0 Å². The fourth-order valence-corrected chi connectivity index (χ4v) is 0.201. The Kier molecular flexibility index (Phi) is 7.27. The van der Waals surface area contributed by atoms with Crippen molar-refractivity contribution in [1.29, 1.82) is 0 Å². The topological polar surface area (TPSA) is 101 Å². The van der Waals surface area contributed by atoms with Crippen molar-refractivity contribution in [2.45, 2.75) is 0 Å². The van der Waals surface area contributed by atoms with E-state index in [9.17, 15) is 9.59 Å². The van der Waals surface area contributed by atoms with Crippen LogP contribution in [0.5, 0.6) is 0 Å². The fourth-order valence-electron chi connectivity index (χ4n) is 0.159. The van der Waals surface area contributed by atoms with Crippen molar-refractivity contribution >= 4 is 53.4 Å². The Labute approximate surface area is 84.2 Å². The molecule has 6 nitrogen and oxygen atoms in total. The summed E-state index contributed by atoms with van der Waals surface area (Å²) < 4.78 is 0.185. The number of rotatable bonds is 0. The van der Waals surface area contributed by atoms with E-state index < -0.39 is 12.1 Å². The Bertz CT molecular complexity index is 139. The number of halogens is 1. The molecule has 0 aliphatic rings. The van der Waals surface area contributed by atoms with E-state index in [1.165, 1.54) is 0 Å². The summed E-state index contributed by atoms with van der Waals surface area (Å²) in [6, 6.07) is -1.97. The fraction of sp³-hybridized carbons (Fsp3) is 0. The van der Waals surface area contributed by atoms with Crippen molar-refractivity contribution in [2.75, 3.05) is 0 Å². The molecule has 0 aromatic carbocycles. The standard InChI is InChI=1S/C2H5ClN4O2.Na.H/c3-7(5)2(9)6-1(4)8;;/h5H2,(H3,4,6,8,9);;. The van der Waals surface area contributed by atoms with Crippen LogP contribution in [0.15, 0.2) is 0 Å². The van der Waals surface area contributed by atoms with Gasteiger partial charge in [0.15, 0.2) is 0 Å². The van der Waals surface area contributed by atoms with Gasteiger partial charge >= 0.3 is 41.6 Å². The molecule has 0 spiro atoms. The van der Waals surface area contributed by atoms with E-state index in [0.29, 0.717) is 0 Å². The summed E-state index contributed by atoms with van der Waals surface area (Å²) in [6.45, 7) is 0. The van der Waals surface area contributed by atoms with E-state index in [0.717, 1.165) is 0 Å². The number of nitrogens with one attached hydrogen (secondary N) is 1. The van der Waals surface area contributed by atoms with Gasteiger partial charge in [0, 0.05) is 11.8 Å². The predicted molar refractivity (Wildman–Crippen MR) is 37.1 cm³/mol. The van der Waals surface area contributed by atoms with Gasteiger partial charge in [-0.15, -0.1) is 0 Å². The second-order valence-electron chi connectivity index (χ2n) is 1.11. The number of carbonyl (C=O) groups excluding carboxylic acids is 2. The summed E-state index contributed by atoms with van der Waals surface area (Å²) in [5.74, 6) is 4.66. The minimum absolute atomic E-state index is 0. The average Bonchev–Trinajstić information content (AvgIpc) is 1.63. The number of nitrogens with zero attached hydrogens (tertiary/aromatic N) is 1. The zero-order chi connectivity index (χ0) is 7.44. The maximum atomic E-state index is 10.2. The molecule has 0 saturated carbocycles. The van der Waals surface area contributed by atoms with Gasteiger partial charge in [0.2, 0.25) is 0 Å². The van der Waals surface area contributed by atoms with Crippen LogP contribution < -0.4 is 16.9 Å². The summed E-state index contributed by atoms with van der Waals surface area (Å²) in [6.07, 6.45) is 0. The molecule has 0 aromatic rings. The summed E-state index contributed by atoms with van der Waals surface area (Å²) in [5.41, 5.74) is 4.52. The Morgan fingerprint density at radius 3 is 2.00 bits per heavy atom. The maximum absolute atomic E-state index is 10.2. The first-order chi connectivity index (χ1) is 4.04. The van der Waals surface area contributed by atoms with E-state index in [1.54, 1.807) is 5.32 Å². The summed E-state index contributed by atoms with van der Waals surface area (Å²) in [4.78, 5) is 20.1. The number of amides is 4. The number of imide groups is 1. The van der Waals surface area contributed by atoms with Gasteiger partial charge in [-0.25, -0.2) is 15.4 Å². The van der Waals surface area contributed by atoms with E-state index in [-0.39, 0.29) is 34.1 Å². The van der Waals surface area contributed by atoms with Crippen molar-refractivity contribution in [3.63, 3.8) is 0 Å². The van der Waals surface area contributed by atoms with Gasteiger partial charge in [0.25, 0.3) is 0 Å². The van der Waals surface area contributed by atoms with Crippen molar-refractivity contribution in [2.24, 2.45) is 11.6 Å². The summed E-state index contributed by atoms with van der Waals surface area (Å²) in [5, 5.41) is 1.61. The third-order valence-electron chi connectivity index (χ3n) is 0.424. The van der Waals surface area contributed by atoms with Gasteiger partial charge in [-0.1, -0.05) is 0 Å². The van der Waals surface area contributed by atoms with Crippen LogP contribution in [0, 0.1) is 0 Å². The van der Waals surface area contributed by atoms with E-state index in [4.69, 9.17) is 11.8 Å². The van der Waals surface area contributed by atoms with Crippen LogP contribution in [-0.4, -0.2) is 46.1 Å². The molecule has 0 unspecified atom stereocenters. The molecular weight excluding hydrogens is 170 g/mol. The van der Waals surface area contributed by atoms with Crippen molar-refractivity contribution < 1.29 is 9.59 Å². The van der Waals surface area contributed by atoms with Crippen molar-refractivity contribution in [1.82, 2.24) is 9.84 Å². The third-order valence-corrected chi connectivity index (χ3v) is 0.578. The van der Waals surface area contributed by atoms with Crippen LogP contribution in [0.4, 0.5) is 9.59 Å². The number of carbonyl (C=O) groups is 2. The van der Waals surface area contributed by atoms with Gasteiger partial charge in [-0.2, -0.15) is 4.53 Å². The molecule has 0 bridgehead atoms. The normalized spacial score (nSPS) is 7.40. The van der Waals surface area contributed by atoms with Crippen LogP contribution in [-0.2, 0) is 0 Å². The van der Waals surface area contributed by atoms with Crippen LogP contribution in [0.3, 0.4) is 0 Å². The molecule has 0 radical (unpaired) electrons. The average molecular weight is 177 g/mol. The molecule has 0 rings (SSSR count). The monoisotopic (exact) mass is 176 g/mol. The molecule has 0 aliphatic carbocycles. The molecule has 0 heterocycles. The number of urea groups is 2. The van der Waals surface area contributed by atoms with Gasteiger partial charge in [-0.05, 0) is 0 Å². The Morgan fingerprint density at radius 1 is 1.50 bits per heavy atom. The minimum atomic E-state index is -1.00. The molecule has 0 atom stereocenters. The Hall–Kier alpha value is -0.0100. The Balaban J connectivity index is 0. The van der Waals surface area contributed by atoms with Crippen LogP contribution in [0.2, 0.25) is 0 Å². The second kappa shape index (κ2) is 5.75. The number of hydrogen-bond donors (Lipinski definition) is 3. The zero-order valence-electron chi connectivity index (χ0n) is 4.30. The van der Waals surface area contributed by atoms with E-state index in [1.807, 2.05) is 0 Å². The number of nitrogens with two attached hydrogens (primary N) is 2. The van der Waals surface area contributed by atoms with Gasteiger partial charge < -0.3 is 5.73 Å². The second-order valence-corrected chi connectivity index (χ2v) is 1.47. The molecule has 4 amide bonds. The van der Waals surface area contributed by atoms with Gasteiger partial charge in [0.1, 0.15) is 0 Å². The van der Waals surface area contributed by atoms with Crippen LogP contribution in [0.1, 0.15) is 0 Å². The molecule has 10 heavy (non-hydrogen) atoms. The summed E-state index contributed by atoms with van der Waals surface area (Å²) >= 11 is 4.86. The molecule has 0 fully saturated rings. The summed E-state index contributed by atoms with van der Waals surface area (Å²) in [7, 11) is 0. The molecule has 8 heteroatoms. The number of hydrogen-bond acceptors (Lipinski definition) is 3. The van der Waals surface area contributed by atoms with E-state index >= 15 is 0 Å². The SMILES string of the molecule is NC(=O)NC(=O)N(N)Cl.[NaH]. The molecule has 54 valence electrons. The van der Waals surface area contributed by atoms with Gasteiger partial charge in [-0.3, -0.25) is 5.32 Å². The Morgan fingerprint density at radius 2 is 1.90 bits per heavy atom. The van der Waals surface area contributed by atoms with Crippen LogP contribution >= 0.6 is 11.8 Å². The zero-order valence-corrected chi connectivity index (χ0v) is 5.05. The molecule has 5 N–H and O–H groups in total. The first-order valence-electron chi connectivity index (χ1n) is 1.85. The molecule has 0 aliphatic heterocycles. The molecule has 0 saturated heterocycles. The quantitative estimate of drug-likeness (QED) is 0.137. The predicted octanol–water partition coefficient (Wildman–Crippen LogP) is -1.54. The van der Waals surface area contributed by atoms with Crippen molar-refractivity contribution in [3.8, 4) is 0 Å². The van der Waals surface area contributed by atoms with Gasteiger partial charge in [0.05, 0.1) is 0 Å². The first-order valence-corrected chi connectivity index (χ1v) is 2.19. The van der Waals surface area contributed by atoms with E-state index in [2.05, 4.69) is 11.6 Å². The molecular formula is C2H6ClN4NaO2. The number of hydrazine groups is 1.